The van der Waals surface area contributed by atoms with Crippen molar-refractivity contribution < 1.29 is 4.74 Å². The van der Waals surface area contributed by atoms with Crippen molar-refractivity contribution in [2.45, 2.75) is 13.8 Å². The van der Waals surface area contributed by atoms with Crippen LogP contribution in [0.2, 0.25) is 5.02 Å². The Hall–Kier alpha value is -4.41. The average molecular weight is 468 g/mol. The number of nitrogens with zero attached hydrogens (tertiary/aromatic N) is 4. The summed E-state index contributed by atoms with van der Waals surface area (Å²) in [6, 6.07) is 18.4. The first kappa shape index (κ1) is 21.4. The summed E-state index contributed by atoms with van der Waals surface area (Å²) in [5.74, 6) is 0.916. The van der Waals surface area contributed by atoms with Gasteiger partial charge in [0.15, 0.2) is 0 Å². The second-order valence-corrected chi connectivity index (χ2v) is 8.21. The molecule has 0 saturated carbocycles. The zero-order valence-corrected chi connectivity index (χ0v) is 19.1. The lowest BCUT2D eigenvalue weighted by molar-refractivity contribution is 0.460. The summed E-state index contributed by atoms with van der Waals surface area (Å²) < 4.78 is 7.50. The number of allylic oxidation sites excluding steroid dienone is 1. The fourth-order valence-corrected chi connectivity index (χ4v) is 3.78. The second kappa shape index (κ2) is 8.50. The van der Waals surface area contributed by atoms with Gasteiger partial charge in [0.05, 0.1) is 16.6 Å². The number of para-hydroxylation sites is 2. The number of halogens is 1. The van der Waals surface area contributed by atoms with Crippen molar-refractivity contribution >= 4 is 39.9 Å². The largest absolute Gasteiger partial charge is 0.438 e. The molecule has 1 N–H and O–H groups in total. The van der Waals surface area contributed by atoms with Gasteiger partial charge in [-0.15, -0.1) is 0 Å². The molecule has 0 spiro atoms. The van der Waals surface area contributed by atoms with Crippen LogP contribution in [0.1, 0.15) is 22.5 Å². The number of rotatable bonds is 4. The topological polar surface area (TPSA) is 96.1 Å². The van der Waals surface area contributed by atoms with Gasteiger partial charge in [-0.25, -0.2) is 4.98 Å². The number of ether oxygens (including phenoxy) is 1. The molecule has 0 atom stereocenters. The predicted octanol–water partition coefficient (Wildman–Crippen LogP) is 5.70. The van der Waals surface area contributed by atoms with Crippen LogP contribution in [0, 0.1) is 25.2 Å². The van der Waals surface area contributed by atoms with Crippen molar-refractivity contribution in [2.24, 2.45) is 0 Å². The maximum absolute atomic E-state index is 13.5. The Balaban J connectivity index is 1.72. The molecule has 0 radical (unpaired) electrons. The van der Waals surface area contributed by atoms with Gasteiger partial charge in [-0.3, -0.25) is 9.20 Å². The minimum atomic E-state index is -0.363. The lowest BCUT2D eigenvalue weighted by Crippen LogP contribution is -2.19. The smallest absolute Gasteiger partial charge is 0.269 e. The molecule has 8 heteroatoms. The molecule has 2 aromatic carbocycles. The first-order chi connectivity index (χ1) is 16.4. The van der Waals surface area contributed by atoms with Gasteiger partial charge >= 0.3 is 0 Å². The van der Waals surface area contributed by atoms with Crippen molar-refractivity contribution in [1.82, 2.24) is 19.4 Å². The highest BCUT2D eigenvalue weighted by molar-refractivity contribution is 6.31. The normalized spacial score (nSPS) is 11.6. The first-order valence-electron chi connectivity index (χ1n) is 10.5. The van der Waals surface area contributed by atoms with Crippen LogP contribution in [-0.4, -0.2) is 19.4 Å². The Morgan fingerprint density at radius 2 is 1.94 bits per heavy atom. The minimum Gasteiger partial charge on any atom is -0.438 e. The Morgan fingerprint density at radius 3 is 2.71 bits per heavy atom. The van der Waals surface area contributed by atoms with E-state index in [1.54, 1.807) is 30.5 Å². The zero-order valence-electron chi connectivity index (χ0n) is 18.3. The number of aromatic nitrogens is 4. The number of nitriles is 1. The molecule has 0 aliphatic carbocycles. The predicted molar refractivity (Wildman–Crippen MR) is 132 cm³/mol. The number of nitrogens with one attached hydrogen (secondary N) is 1. The van der Waals surface area contributed by atoms with Gasteiger partial charge in [-0.1, -0.05) is 29.8 Å². The average Bonchev–Trinajstić information content (AvgIpc) is 3.26. The van der Waals surface area contributed by atoms with Crippen molar-refractivity contribution in [1.29, 1.82) is 5.26 Å². The molecule has 0 bridgehead atoms. The second-order valence-electron chi connectivity index (χ2n) is 7.81. The summed E-state index contributed by atoms with van der Waals surface area (Å²) in [6.07, 6.45) is 3.10. The van der Waals surface area contributed by atoms with E-state index in [9.17, 15) is 10.1 Å². The van der Waals surface area contributed by atoms with Gasteiger partial charge in [-0.05, 0) is 67.4 Å². The maximum Gasteiger partial charge on any atom is 0.269 e. The Bertz CT molecular complexity index is 1680. The molecule has 5 rings (SSSR count). The highest BCUT2D eigenvalue weighted by atomic mass is 35.5. The van der Waals surface area contributed by atoms with Crippen molar-refractivity contribution in [3.63, 3.8) is 0 Å². The molecule has 0 amide bonds. The van der Waals surface area contributed by atoms with Crippen LogP contribution in [0.3, 0.4) is 0 Å². The standard InChI is InChI=1S/C26H18ClN5O2/c1-15-6-5-11-32-24(15)31-25(34-18-9-10-20(27)16(2)12-18)19(26(32)33)13-17(14-28)23-29-21-7-3-4-8-22(21)30-23/h3-13H,1-2H3,(H,29,30). The summed E-state index contributed by atoms with van der Waals surface area (Å²) in [7, 11) is 0. The van der Waals surface area contributed by atoms with E-state index in [0.29, 0.717) is 22.2 Å². The van der Waals surface area contributed by atoms with Crippen LogP contribution in [0.25, 0.3) is 28.3 Å². The number of aromatic amines is 1. The summed E-state index contributed by atoms with van der Waals surface area (Å²) in [5, 5.41) is 10.5. The molecule has 5 aromatic rings. The number of fused-ring (bicyclic) bond motifs is 2. The summed E-state index contributed by atoms with van der Waals surface area (Å²) in [5.41, 5.74) is 3.56. The highest BCUT2D eigenvalue weighted by Gasteiger charge is 2.17. The quantitative estimate of drug-likeness (QED) is 0.342. The Labute approximate surface area is 199 Å². The van der Waals surface area contributed by atoms with E-state index in [1.165, 1.54) is 10.5 Å². The number of imidazole rings is 1. The number of aryl methyl sites for hydroxylation is 2. The maximum atomic E-state index is 13.5. The molecular formula is C26H18ClN5O2. The molecule has 34 heavy (non-hydrogen) atoms. The Kier molecular flexibility index (Phi) is 5.36. The fourth-order valence-electron chi connectivity index (χ4n) is 3.66. The minimum absolute atomic E-state index is 0.0879. The molecule has 0 fully saturated rings. The number of pyridine rings is 1. The number of hydrogen-bond acceptors (Lipinski definition) is 5. The van der Waals surface area contributed by atoms with Gasteiger partial charge in [0.25, 0.3) is 5.56 Å². The Morgan fingerprint density at radius 1 is 1.12 bits per heavy atom. The molecule has 7 nitrogen and oxygen atoms in total. The van der Waals surface area contributed by atoms with E-state index in [-0.39, 0.29) is 22.6 Å². The third-order valence-electron chi connectivity index (χ3n) is 5.45. The van der Waals surface area contributed by atoms with E-state index in [4.69, 9.17) is 16.3 Å². The van der Waals surface area contributed by atoms with E-state index in [1.807, 2.05) is 44.2 Å². The number of hydrogen-bond donors (Lipinski definition) is 1. The molecule has 3 heterocycles. The van der Waals surface area contributed by atoms with Gasteiger partial charge < -0.3 is 9.72 Å². The van der Waals surface area contributed by atoms with Gasteiger partial charge in [0, 0.05) is 11.2 Å². The first-order valence-corrected chi connectivity index (χ1v) is 10.9. The molecule has 0 unspecified atom stereocenters. The van der Waals surface area contributed by atoms with Gasteiger partial charge in [0.1, 0.15) is 28.9 Å². The van der Waals surface area contributed by atoms with Crippen LogP contribution in [0.5, 0.6) is 11.6 Å². The van der Waals surface area contributed by atoms with E-state index < -0.39 is 0 Å². The van der Waals surface area contributed by atoms with Crippen molar-refractivity contribution in [2.75, 3.05) is 0 Å². The molecular weight excluding hydrogens is 450 g/mol. The molecule has 166 valence electrons. The van der Waals surface area contributed by atoms with E-state index in [2.05, 4.69) is 21.0 Å². The number of benzene rings is 2. The summed E-state index contributed by atoms with van der Waals surface area (Å²) in [6.45, 7) is 3.72. The van der Waals surface area contributed by atoms with Gasteiger partial charge in [0.2, 0.25) is 5.88 Å². The van der Waals surface area contributed by atoms with Crippen LogP contribution in [0.15, 0.2) is 65.6 Å². The molecule has 3 aromatic heterocycles. The van der Waals surface area contributed by atoms with Crippen molar-refractivity contribution in [3.05, 3.63) is 98.7 Å². The van der Waals surface area contributed by atoms with E-state index >= 15 is 0 Å². The lowest BCUT2D eigenvalue weighted by Gasteiger charge is -2.12. The third kappa shape index (κ3) is 3.81. The number of H-pyrrole nitrogens is 1. The highest BCUT2D eigenvalue weighted by Crippen LogP contribution is 2.29. The van der Waals surface area contributed by atoms with Crippen LogP contribution >= 0.6 is 11.6 Å². The van der Waals surface area contributed by atoms with E-state index in [0.717, 1.165) is 22.2 Å². The molecule has 0 saturated heterocycles. The van der Waals surface area contributed by atoms with Crippen LogP contribution in [0.4, 0.5) is 0 Å². The zero-order chi connectivity index (χ0) is 23.8. The SMILES string of the molecule is Cc1cc(Oc2nc3c(C)cccn3c(=O)c2C=C(C#N)c2nc3ccccc3[nH]2)ccc1Cl. The van der Waals surface area contributed by atoms with Gasteiger partial charge in [-0.2, -0.15) is 10.2 Å². The summed E-state index contributed by atoms with van der Waals surface area (Å²) in [4.78, 5) is 25.8. The monoisotopic (exact) mass is 467 g/mol. The molecule has 0 aliphatic rings. The lowest BCUT2D eigenvalue weighted by atomic mass is 10.1. The van der Waals surface area contributed by atoms with Crippen LogP contribution < -0.4 is 10.3 Å². The van der Waals surface area contributed by atoms with Crippen molar-refractivity contribution in [3.8, 4) is 17.7 Å². The van der Waals surface area contributed by atoms with Crippen LogP contribution in [-0.2, 0) is 0 Å². The molecule has 0 aliphatic heterocycles. The summed E-state index contributed by atoms with van der Waals surface area (Å²) >= 11 is 6.15. The third-order valence-corrected chi connectivity index (χ3v) is 5.87. The fraction of sp³-hybridized carbons (Fsp3) is 0.0769.